The Morgan fingerprint density at radius 1 is 1.00 bits per heavy atom. The molecule has 0 spiro atoms. The van der Waals surface area contributed by atoms with Crippen molar-refractivity contribution >= 4 is 0 Å². The summed E-state index contributed by atoms with van der Waals surface area (Å²) in [4.78, 5) is 4.19. The number of fused-ring (bicyclic) bond motifs is 3. The number of nitrogens with zero attached hydrogens (tertiary/aromatic N) is 2. The van der Waals surface area contributed by atoms with Crippen molar-refractivity contribution in [2.75, 3.05) is 0 Å². The monoisotopic (exact) mass is 250 g/mol. The highest BCUT2D eigenvalue weighted by Gasteiger charge is 2.31. The van der Waals surface area contributed by atoms with E-state index in [9.17, 15) is 4.39 Å². The average Bonchev–Trinajstić information content (AvgIpc) is 3.01. The van der Waals surface area contributed by atoms with Crippen molar-refractivity contribution in [2.45, 2.75) is 6.04 Å². The quantitative estimate of drug-likeness (QED) is 0.504. The lowest BCUT2D eigenvalue weighted by Gasteiger charge is -2.15. The second kappa shape index (κ2) is 3.79. The highest BCUT2D eigenvalue weighted by Crippen LogP contribution is 2.43. The van der Waals surface area contributed by atoms with Gasteiger partial charge in [-0.3, -0.25) is 0 Å². The van der Waals surface area contributed by atoms with Gasteiger partial charge in [-0.05, 0) is 11.6 Å². The van der Waals surface area contributed by atoms with Crippen molar-refractivity contribution in [3.8, 4) is 11.3 Å². The van der Waals surface area contributed by atoms with Gasteiger partial charge in [0, 0.05) is 11.1 Å². The van der Waals surface area contributed by atoms with E-state index in [0.29, 0.717) is 0 Å². The van der Waals surface area contributed by atoms with E-state index in [-0.39, 0.29) is 11.9 Å². The van der Waals surface area contributed by atoms with E-state index in [1.165, 1.54) is 6.07 Å². The number of hydrogen-bond acceptors (Lipinski definition) is 1. The van der Waals surface area contributed by atoms with Gasteiger partial charge in [0.1, 0.15) is 5.82 Å². The number of benzene rings is 2. The molecule has 2 nitrogen and oxygen atoms in total. The van der Waals surface area contributed by atoms with Crippen molar-refractivity contribution in [3.05, 3.63) is 78.0 Å². The zero-order chi connectivity index (χ0) is 12.8. The Bertz CT molecular complexity index is 746. The van der Waals surface area contributed by atoms with Crippen LogP contribution in [0.25, 0.3) is 11.3 Å². The van der Waals surface area contributed by atoms with Crippen LogP contribution in [0, 0.1) is 5.82 Å². The minimum absolute atomic E-state index is 0.116. The van der Waals surface area contributed by atoms with Crippen LogP contribution in [0.1, 0.15) is 17.2 Å². The summed E-state index contributed by atoms with van der Waals surface area (Å²) >= 11 is 0. The Labute approximate surface area is 110 Å². The third-order valence-electron chi connectivity index (χ3n) is 3.66. The molecule has 0 fully saturated rings. The Kier molecular flexibility index (Phi) is 2.09. The van der Waals surface area contributed by atoms with Crippen LogP contribution in [0.5, 0.6) is 0 Å². The van der Waals surface area contributed by atoms with E-state index in [0.717, 1.165) is 22.4 Å². The summed E-state index contributed by atoms with van der Waals surface area (Å²) in [6.07, 6.45) is 3.56. The molecule has 4 rings (SSSR count). The first-order valence-corrected chi connectivity index (χ1v) is 6.22. The zero-order valence-electron chi connectivity index (χ0n) is 10.1. The van der Waals surface area contributed by atoms with Crippen LogP contribution in [0.4, 0.5) is 4.39 Å². The SMILES string of the molecule is Fc1cccc2c1C(c1ccccc1)n1cncc1-2. The van der Waals surface area contributed by atoms with Gasteiger partial charge in [0.05, 0.1) is 24.3 Å². The molecule has 0 N–H and O–H groups in total. The van der Waals surface area contributed by atoms with Crippen molar-refractivity contribution in [2.24, 2.45) is 0 Å². The molecular weight excluding hydrogens is 239 g/mol. The average molecular weight is 250 g/mol. The summed E-state index contributed by atoms with van der Waals surface area (Å²) in [5, 5.41) is 0. The van der Waals surface area contributed by atoms with E-state index >= 15 is 0 Å². The topological polar surface area (TPSA) is 17.8 Å². The molecule has 0 radical (unpaired) electrons. The molecule has 2 aromatic carbocycles. The zero-order valence-corrected chi connectivity index (χ0v) is 10.1. The molecule has 2 heterocycles. The molecule has 0 saturated heterocycles. The van der Waals surface area contributed by atoms with E-state index in [1.54, 1.807) is 18.6 Å². The first kappa shape index (κ1) is 10.5. The lowest BCUT2D eigenvalue weighted by atomic mass is 9.97. The maximum absolute atomic E-state index is 14.2. The molecular formula is C16H11FN2. The van der Waals surface area contributed by atoms with E-state index in [2.05, 4.69) is 4.98 Å². The van der Waals surface area contributed by atoms with Crippen molar-refractivity contribution < 1.29 is 4.39 Å². The van der Waals surface area contributed by atoms with E-state index in [1.807, 2.05) is 41.0 Å². The van der Waals surface area contributed by atoms with Gasteiger partial charge < -0.3 is 4.57 Å². The van der Waals surface area contributed by atoms with E-state index in [4.69, 9.17) is 0 Å². The number of halogens is 1. The Balaban J connectivity index is 2.03. The maximum Gasteiger partial charge on any atom is 0.129 e. The molecule has 1 atom stereocenters. The molecule has 1 aromatic heterocycles. The van der Waals surface area contributed by atoms with Crippen LogP contribution in [0.15, 0.2) is 61.1 Å². The molecule has 19 heavy (non-hydrogen) atoms. The van der Waals surface area contributed by atoms with Crippen molar-refractivity contribution in [1.29, 1.82) is 0 Å². The molecule has 0 saturated carbocycles. The van der Waals surface area contributed by atoms with Crippen molar-refractivity contribution in [3.63, 3.8) is 0 Å². The largest absolute Gasteiger partial charge is 0.319 e. The summed E-state index contributed by atoms with van der Waals surface area (Å²) in [7, 11) is 0. The van der Waals surface area contributed by atoms with Gasteiger partial charge in [0.25, 0.3) is 0 Å². The smallest absolute Gasteiger partial charge is 0.129 e. The minimum atomic E-state index is -0.157. The minimum Gasteiger partial charge on any atom is -0.319 e. The third kappa shape index (κ3) is 1.38. The fourth-order valence-corrected chi connectivity index (χ4v) is 2.86. The molecule has 92 valence electrons. The van der Waals surface area contributed by atoms with Crippen LogP contribution < -0.4 is 0 Å². The van der Waals surface area contributed by atoms with Crippen LogP contribution >= 0.6 is 0 Å². The van der Waals surface area contributed by atoms with Gasteiger partial charge in [0.2, 0.25) is 0 Å². The second-order valence-electron chi connectivity index (χ2n) is 4.70. The second-order valence-corrected chi connectivity index (χ2v) is 4.70. The number of aromatic nitrogens is 2. The number of hydrogen-bond donors (Lipinski definition) is 0. The summed E-state index contributed by atoms with van der Waals surface area (Å²) in [5.41, 5.74) is 3.73. The predicted molar refractivity (Wildman–Crippen MR) is 71.3 cm³/mol. The lowest BCUT2D eigenvalue weighted by Crippen LogP contribution is -2.07. The fourth-order valence-electron chi connectivity index (χ4n) is 2.86. The van der Waals surface area contributed by atoms with Crippen LogP contribution in [0.2, 0.25) is 0 Å². The standard InChI is InChI=1S/C16H11FN2/c17-13-8-4-7-12-14-9-18-10-19(14)16(15(12)13)11-5-2-1-3-6-11/h1-10,16H. The molecule has 3 heteroatoms. The molecule has 1 aliphatic heterocycles. The van der Waals surface area contributed by atoms with Crippen LogP contribution in [-0.4, -0.2) is 9.55 Å². The van der Waals surface area contributed by atoms with Gasteiger partial charge >= 0.3 is 0 Å². The van der Waals surface area contributed by atoms with Crippen molar-refractivity contribution in [1.82, 2.24) is 9.55 Å². The molecule has 0 amide bonds. The van der Waals surface area contributed by atoms with Gasteiger partial charge in [0.15, 0.2) is 0 Å². The fraction of sp³-hybridized carbons (Fsp3) is 0.0625. The normalized spacial score (nSPS) is 16.2. The Morgan fingerprint density at radius 3 is 2.68 bits per heavy atom. The first-order chi connectivity index (χ1) is 9.36. The summed E-state index contributed by atoms with van der Waals surface area (Å²) in [5.74, 6) is -0.157. The number of rotatable bonds is 1. The lowest BCUT2D eigenvalue weighted by molar-refractivity contribution is 0.587. The summed E-state index contributed by atoms with van der Waals surface area (Å²) in [6, 6.07) is 15.1. The van der Waals surface area contributed by atoms with Gasteiger partial charge in [-0.15, -0.1) is 0 Å². The molecule has 1 unspecified atom stereocenters. The number of imidazole rings is 1. The maximum atomic E-state index is 14.2. The highest BCUT2D eigenvalue weighted by atomic mass is 19.1. The highest BCUT2D eigenvalue weighted by molar-refractivity contribution is 5.71. The van der Waals surface area contributed by atoms with Gasteiger partial charge in [-0.2, -0.15) is 0 Å². The summed E-state index contributed by atoms with van der Waals surface area (Å²) < 4.78 is 16.3. The Morgan fingerprint density at radius 2 is 1.84 bits per heavy atom. The molecule has 0 aliphatic carbocycles. The van der Waals surface area contributed by atoms with Crippen LogP contribution in [-0.2, 0) is 0 Å². The molecule has 3 aromatic rings. The van der Waals surface area contributed by atoms with Gasteiger partial charge in [-0.25, -0.2) is 9.37 Å². The Hall–Kier alpha value is -2.42. The summed E-state index contributed by atoms with van der Waals surface area (Å²) in [6.45, 7) is 0. The van der Waals surface area contributed by atoms with Gasteiger partial charge in [-0.1, -0.05) is 42.5 Å². The van der Waals surface area contributed by atoms with E-state index < -0.39 is 0 Å². The first-order valence-electron chi connectivity index (χ1n) is 6.22. The third-order valence-corrected chi connectivity index (χ3v) is 3.66. The molecule has 1 aliphatic rings. The predicted octanol–water partition coefficient (Wildman–Crippen LogP) is 3.64. The molecule has 0 bridgehead atoms. The van der Waals surface area contributed by atoms with Crippen LogP contribution in [0.3, 0.4) is 0 Å².